The van der Waals surface area contributed by atoms with Crippen LogP contribution in [0, 0.1) is 19.3 Å². The van der Waals surface area contributed by atoms with Crippen LogP contribution in [0.2, 0.25) is 0 Å². The maximum atomic E-state index is 7.81. The predicted octanol–water partition coefficient (Wildman–Crippen LogP) is 1.69. The maximum absolute atomic E-state index is 7.81. The number of hydrogen-bond donors (Lipinski definition) is 2. The molecule has 2 rings (SSSR count). The van der Waals surface area contributed by atoms with Crippen molar-refractivity contribution in [2.45, 2.75) is 40.5 Å². The largest absolute Gasteiger partial charge is 0.384 e. The van der Waals surface area contributed by atoms with Gasteiger partial charge in [0.15, 0.2) is 5.82 Å². The second-order valence-electron chi connectivity index (χ2n) is 4.77. The molecule has 0 spiro atoms. The number of nitrogen functional groups attached to an aromatic ring is 1. The molecule has 3 N–H and O–H groups in total. The Morgan fingerprint density at radius 3 is 2.50 bits per heavy atom. The Kier molecular flexibility index (Phi) is 3.83. The summed E-state index contributed by atoms with van der Waals surface area (Å²) in [7, 11) is 0. The van der Waals surface area contributed by atoms with Gasteiger partial charge in [-0.1, -0.05) is 13.8 Å². The van der Waals surface area contributed by atoms with Gasteiger partial charge in [0.1, 0.15) is 5.84 Å². The molecule has 20 heavy (non-hydrogen) atoms. The molecular formula is C14H20N6. The second kappa shape index (κ2) is 5.40. The van der Waals surface area contributed by atoms with Crippen LogP contribution in [0.4, 0.5) is 0 Å². The van der Waals surface area contributed by atoms with E-state index in [0.717, 1.165) is 35.5 Å². The van der Waals surface area contributed by atoms with E-state index in [1.165, 1.54) is 0 Å². The zero-order valence-electron chi connectivity index (χ0n) is 12.4. The highest BCUT2D eigenvalue weighted by molar-refractivity contribution is 5.99. The lowest BCUT2D eigenvalue weighted by atomic mass is 10.1. The van der Waals surface area contributed by atoms with E-state index in [9.17, 15) is 0 Å². The lowest BCUT2D eigenvalue weighted by Gasteiger charge is -2.13. The van der Waals surface area contributed by atoms with Crippen LogP contribution in [-0.4, -0.2) is 25.8 Å². The van der Waals surface area contributed by atoms with Gasteiger partial charge in [-0.3, -0.25) is 5.41 Å². The van der Waals surface area contributed by atoms with E-state index in [-0.39, 0.29) is 5.84 Å². The minimum atomic E-state index is -0.00824. The van der Waals surface area contributed by atoms with Gasteiger partial charge >= 0.3 is 0 Å². The van der Waals surface area contributed by atoms with Crippen molar-refractivity contribution in [1.29, 1.82) is 5.41 Å². The standard InChI is InChI=1S/C14H20N6/c1-5-10-7-11(6-2)20(19-10)14-12(13(15)16)8(3)9(4)17-18-14/h7H,5-6H2,1-4H3,(H3,15,16). The number of rotatable bonds is 4. The molecule has 0 saturated heterocycles. The molecule has 0 amide bonds. The number of amidine groups is 1. The van der Waals surface area contributed by atoms with Gasteiger partial charge in [-0.2, -0.15) is 10.2 Å². The van der Waals surface area contributed by atoms with Gasteiger partial charge in [0.25, 0.3) is 0 Å². The van der Waals surface area contributed by atoms with Crippen molar-refractivity contribution in [2.75, 3.05) is 0 Å². The van der Waals surface area contributed by atoms with E-state index < -0.39 is 0 Å². The Hall–Kier alpha value is -2.24. The van der Waals surface area contributed by atoms with E-state index in [1.54, 1.807) is 4.68 Å². The third kappa shape index (κ3) is 2.29. The summed E-state index contributed by atoms with van der Waals surface area (Å²) in [6.45, 7) is 7.89. The molecule has 2 heterocycles. The number of aryl methyl sites for hydroxylation is 3. The Bertz CT molecular complexity index is 656. The molecule has 0 aromatic carbocycles. The average Bonchev–Trinajstić information content (AvgIpc) is 2.84. The van der Waals surface area contributed by atoms with Crippen LogP contribution in [0.15, 0.2) is 6.07 Å². The fourth-order valence-electron chi connectivity index (χ4n) is 2.15. The molecule has 106 valence electrons. The summed E-state index contributed by atoms with van der Waals surface area (Å²) in [4.78, 5) is 0. The van der Waals surface area contributed by atoms with E-state index in [1.807, 2.05) is 13.8 Å². The fourth-order valence-corrected chi connectivity index (χ4v) is 2.15. The lowest BCUT2D eigenvalue weighted by molar-refractivity contribution is 0.745. The van der Waals surface area contributed by atoms with Crippen LogP contribution in [0.1, 0.15) is 42.1 Å². The van der Waals surface area contributed by atoms with E-state index >= 15 is 0 Å². The zero-order chi connectivity index (χ0) is 14.9. The summed E-state index contributed by atoms with van der Waals surface area (Å²) in [6.07, 6.45) is 1.69. The topological polar surface area (TPSA) is 93.5 Å². The summed E-state index contributed by atoms with van der Waals surface area (Å²) in [5.41, 5.74) is 10.0. The molecule has 0 aliphatic heterocycles. The van der Waals surface area contributed by atoms with Crippen molar-refractivity contribution in [3.05, 3.63) is 34.3 Å². The minimum Gasteiger partial charge on any atom is -0.384 e. The van der Waals surface area contributed by atoms with E-state index in [2.05, 4.69) is 35.2 Å². The highest BCUT2D eigenvalue weighted by Crippen LogP contribution is 2.19. The third-order valence-corrected chi connectivity index (χ3v) is 3.46. The first-order valence-corrected chi connectivity index (χ1v) is 6.76. The number of nitrogens with zero attached hydrogens (tertiary/aromatic N) is 4. The number of aromatic nitrogens is 4. The molecule has 2 aromatic rings. The van der Waals surface area contributed by atoms with Crippen molar-refractivity contribution in [1.82, 2.24) is 20.0 Å². The fraction of sp³-hybridized carbons (Fsp3) is 0.429. The van der Waals surface area contributed by atoms with Crippen LogP contribution >= 0.6 is 0 Å². The maximum Gasteiger partial charge on any atom is 0.187 e. The van der Waals surface area contributed by atoms with Gasteiger partial charge < -0.3 is 5.73 Å². The third-order valence-electron chi connectivity index (χ3n) is 3.46. The normalized spacial score (nSPS) is 10.8. The molecule has 0 radical (unpaired) electrons. The SMILES string of the molecule is CCc1cc(CC)n(-c2nnc(C)c(C)c2C(=N)N)n1. The van der Waals surface area contributed by atoms with Gasteiger partial charge in [0.2, 0.25) is 0 Å². The van der Waals surface area contributed by atoms with Crippen LogP contribution in [-0.2, 0) is 12.8 Å². The number of hydrogen-bond acceptors (Lipinski definition) is 4. The van der Waals surface area contributed by atoms with Gasteiger partial charge in [-0.15, -0.1) is 5.10 Å². The summed E-state index contributed by atoms with van der Waals surface area (Å²) >= 11 is 0. The molecule has 2 aromatic heterocycles. The highest BCUT2D eigenvalue weighted by Gasteiger charge is 2.18. The van der Waals surface area contributed by atoms with Crippen LogP contribution in [0.5, 0.6) is 0 Å². The van der Waals surface area contributed by atoms with Crippen LogP contribution in [0.25, 0.3) is 5.82 Å². The average molecular weight is 272 g/mol. The molecule has 0 fully saturated rings. The summed E-state index contributed by atoms with van der Waals surface area (Å²) in [6, 6.07) is 2.06. The number of nitrogens with two attached hydrogens (primary N) is 1. The predicted molar refractivity (Wildman–Crippen MR) is 78.4 cm³/mol. The Balaban J connectivity index is 2.72. The summed E-state index contributed by atoms with van der Waals surface area (Å²) in [5, 5.41) is 20.7. The first-order valence-electron chi connectivity index (χ1n) is 6.76. The van der Waals surface area contributed by atoms with Gasteiger partial charge in [-0.05, 0) is 38.3 Å². The number of nitrogens with one attached hydrogen (secondary N) is 1. The molecule has 0 bridgehead atoms. The van der Waals surface area contributed by atoms with Crippen LogP contribution < -0.4 is 5.73 Å². The summed E-state index contributed by atoms with van der Waals surface area (Å²) in [5.74, 6) is 0.531. The minimum absolute atomic E-state index is 0.00824. The van der Waals surface area contributed by atoms with Gasteiger partial charge in [0.05, 0.1) is 17.0 Å². The molecule has 0 unspecified atom stereocenters. The summed E-state index contributed by atoms with van der Waals surface area (Å²) < 4.78 is 1.76. The van der Waals surface area contributed by atoms with Crippen molar-refractivity contribution in [3.8, 4) is 5.82 Å². The van der Waals surface area contributed by atoms with Crippen LogP contribution in [0.3, 0.4) is 0 Å². The molecule has 6 heteroatoms. The molecular weight excluding hydrogens is 252 g/mol. The Labute approximate surface area is 118 Å². The molecule has 0 aliphatic carbocycles. The first kappa shape index (κ1) is 14.2. The highest BCUT2D eigenvalue weighted by atomic mass is 15.4. The first-order chi connectivity index (χ1) is 9.49. The van der Waals surface area contributed by atoms with Crippen molar-refractivity contribution in [2.24, 2.45) is 5.73 Å². The quantitative estimate of drug-likeness (QED) is 0.654. The Morgan fingerprint density at radius 1 is 1.25 bits per heavy atom. The Morgan fingerprint density at radius 2 is 1.95 bits per heavy atom. The molecule has 6 nitrogen and oxygen atoms in total. The van der Waals surface area contributed by atoms with Gasteiger partial charge in [-0.25, -0.2) is 4.68 Å². The lowest BCUT2D eigenvalue weighted by Crippen LogP contribution is -2.21. The molecule has 0 aliphatic rings. The van der Waals surface area contributed by atoms with Crippen molar-refractivity contribution in [3.63, 3.8) is 0 Å². The second-order valence-corrected chi connectivity index (χ2v) is 4.77. The zero-order valence-corrected chi connectivity index (χ0v) is 12.4. The molecule has 0 saturated carbocycles. The van der Waals surface area contributed by atoms with Gasteiger partial charge in [0, 0.05) is 5.69 Å². The molecule has 0 atom stereocenters. The van der Waals surface area contributed by atoms with E-state index in [4.69, 9.17) is 11.1 Å². The van der Waals surface area contributed by atoms with Crippen molar-refractivity contribution >= 4 is 5.84 Å². The monoisotopic (exact) mass is 272 g/mol. The smallest absolute Gasteiger partial charge is 0.187 e. The van der Waals surface area contributed by atoms with E-state index in [0.29, 0.717) is 11.4 Å². The van der Waals surface area contributed by atoms with Crippen molar-refractivity contribution < 1.29 is 0 Å².